The summed E-state index contributed by atoms with van der Waals surface area (Å²) < 4.78 is 14.2. The maximum absolute atomic E-state index is 6.87. The molecular weight excluding hydrogens is 757 g/mol. The van der Waals surface area contributed by atoms with Gasteiger partial charge in [-0.25, -0.2) is 0 Å². The Morgan fingerprint density at radius 1 is 0.492 bits per heavy atom. The maximum Gasteiger partial charge on any atom is 0.152 e. The van der Waals surface area contributed by atoms with Gasteiger partial charge in [-0.05, 0) is 83.9 Å². The molecule has 0 aliphatic rings. The summed E-state index contributed by atoms with van der Waals surface area (Å²) in [4.78, 5) is 2.46. The molecule has 0 atom stereocenters. The van der Waals surface area contributed by atoms with Crippen LogP contribution in [0.4, 0.5) is 17.1 Å². The van der Waals surface area contributed by atoms with Crippen molar-refractivity contribution in [3.8, 4) is 16.8 Å². The molecule has 0 saturated heterocycles. The minimum atomic E-state index is 0.773. The Hall–Kier alpha value is -7.18. The second kappa shape index (κ2) is 13.5. The van der Waals surface area contributed by atoms with Gasteiger partial charge in [0.15, 0.2) is 5.76 Å². The van der Waals surface area contributed by atoms with Crippen LogP contribution < -0.4 is 4.90 Å². The lowest BCUT2D eigenvalue weighted by molar-refractivity contribution is 0.605. The number of fused-ring (bicyclic) bond motifs is 10. The van der Waals surface area contributed by atoms with E-state index in [-0.39, 0.29) is 0 Å². The minimum Gasteiger partial charge on any atom is -0.454 e. The first-order valence-corrected chi connectivity index (χ1v) is 21.4. The molecule has 0 saturated carbocycles. The normalized spacial score (nSPS) is 12.1. The highest BCUT2D eigenvalue weighted by molar-refractivity contribution is 7.27. The lowest BCUT2D eigenvalue weighted by Crippen LogP contribution is -2.11. The van der Waals surface area contributed by atoms with Crippen molar-refractivity contribution in [1.29, 1.82) is 0 Å². The molecule has 0 aliphatic carbocycles. The van der Waals surface area contributed by atoms with Gasteiger partial charge in [0.1, 0.15) is 11.3 Å². The largest absolute Gasteiger partial charge is 0.454 e. The maximum atomic E-state index is 6.87. The van der Waals surface area contributed by atoms with Crippen LogP contribution in [0.3, 0.4) is 0 Å². The first-order valence-electron chi connectivity index (χ1n) is 19.8. The van der Waals surface area contributed by atoms with E-state index in [1.807, 2.05) is 34.8 Å². The summed E-state index contributed by atoms with van der Waals surface area (Å²) in [6.07, 6.45) is 5.83. The first kappa shape index (κ1) is 33.9. The van der Waals surface area contributed by atoms with E-state index in [1.54, 1.807) is 0 Å². The first-order chi connectivity index (χ1) is 29.2. The van der Waals surface area contributed by atoms with Crippen LogP contribution in [0.15, 0.2) is 199 Å². The number of allylic oxidation sites excluding steroid dienone is 2. The number of rotatable bonds is 7. The molecule has 0 aliphatic heterocycles. The van der Waals surface area contributed by atoms with E-state index in [1.165, 1.54) is 62.2 Å². The van der Waals surface area contributed by atoms with E-state index in [4.69, 9.17) is 4.42 Å². The lowest BCUT2D eigenvalue weighted by atomic mass is 10.0. The van der Waals surface area contributed by atoms with Crippen molar-refractivity contribution < 1.29 is 4.42 Å². The molecule has 8 aromatic carbocycles. The fourth-order valence-electron chi connectivity index (χ4n) is 8.98. The number of furan rings is 1. The van der Waals surface area contributed by atoms with Crippen molar-refractivity contribution in [3.63, 3.8) is 0 Å². The van der Waals surface area contributed by atoms with Gasteiger partial charge in [-0.3, -0.25) is 0 Å². The van der Waals surface area contributed by atoms with Crippen LogP contribution in [0.2, 0.25) is 0 Å². The molecule has 4 aromatic heterocycles. The van der Waals surface area contributed by atoms with E-state index >= 15 is 0 Å². The molecule has 0 amide bonds. The lowest BCUT2D eigenvalue weighted by Gasteiger charge is -2.26. The monoisotopic (exact) mass is 790 g/mol. The summed E-state index contributed by atoms with van der Waals surface area (Å²) in [6.45, 7) is 4.03. The Morgan fingerprint density at radius 2 is 1.05 bits per heavy atom. The number of aromatic nitrogens is 1. The Balaban J connectivity index is 1.14. The molecule has 0 spiro atoms. The summed E-state index contributed by atoms with van der Waals surface area (Å²) in [5.74, 6) is 0.773. The third kappa shape index (κ3) is 5.25. The molecule has 0 fully saturated rings. The molecule has 5 heteroatoms. The molecule has 0 radical (unpaired) electrons. The molecular formula is C54H34N2OS2. The van der Waals surface area contributed by atoms with Crippen LogP contribution in [-0.4, -0.2) is 4.57 Å². The van der Waals surface area contributed by atoms with Crippen LogP contribution in [0.5, 0.6) is 0 Å². The van der Waals surface area contributed by atoms with Gasteiger partial charge in [-0.1, -0.05) is 128 Å². The van der Waals surface area contributed by atoms with Crippen molar-refractivity contribution in [2.24, 2.45) is 0 Å². The standard InChI is InChI=1S/C54H34N2OS2/c1-2-3-25-49-52(43-33-35(29-31-48(43)57-49)34-28-30-45-42(32-34)37-17-7-10-22-44(37)55(45)36-15-5-4-6-16-36)56(46-23-13-20-40-38-18-8-11-26-50(38)58-53(40)46)47-24-14-21-41-39-19-9-12-27-51(39)59-54(41)47/h2-33H,1H2/b25-3-. The number of nitrogens with zero attached hydrogens (tertiary/aromatic N) is 2. The average Bonchev–Trinajstić information content (AvgIpc) is 4.05. The van der Waals surface area contributed by atoms with E-state index in [0.717, 1.165) is 50.6 Å². The number of thiophene rings is 2. The highest BCUT2D eigenvalue weighted by Gasteiger charge is 2.27. The van der Waals surface area contributed by atoms with Gasteiger partial charge in [0.25, 0.3) is 0 Å². The third-order valence-corrected chi connectivity index (χ3v) is 14.0. The van der Waals surface area contributed by atoms with E-state index in [2.05, 4.69) is 198 Å². The van der Waals surface area contributed by atoms with Gasteiger partial charge >= 0.3 is 0 Å². The highest BCUT2D eigenvalue weighted by Crippen LogP contribution is 2.52. The van der Waals surface area contributed by atoms with Gasteiger partial charge < -0.3 is 13.9 Å². The zero-order valence-electron chi connectivity index (χ0n) is 31.8. The van der Waals surface area contributed by atoms with Crippen molar-refractivity contribution in [1.82, 2.24) is 4.57 Å². The Labute approximate surface area is 348 Å². The van der Waals surface area contributed by atoms with Crippen molar-refractivity contribution in [3.05, 3.63) is 200 Å². The molecule has 0 unspecified atom stereocenters. The Bertz CT molecular complexity index is 3540. The van der Waals surface area contributed by atoms with E-state index < -0.39 is 0 Å². The van der Waals surface area contributed by atoms with Crippen molar-refractivity contribution in [2.75, 3.05) is 4.90 Å². The number of anilines is 3. The number of hydrogen-bond acceptors (Lipinski definition) is 4. The fourth-order valence-corrected chi connectivity index (χ4v) is 11.4. The predicted octanol–water partition coefficient (Wildman–Crippen LogP) is 16.6. The molecule has 0 N–H and O–H groups in total. The predicted molar refractivity (Wildman–Crippen MR) is 256 cm³/mol. The van der Waals surface area contributed by atoms with Gasteiger partial charge in [0, 0.05) is 52.8 Å². The Morgan fingerprint density at radius 3 is 1.73 bits per heavy atom. The van der Waals surface area contributed by atoms with Crippen LogP contribution in [0, 0.1) is 0 Å². The number of hydrogen-bond donors (Lipinski definition) is 0. The van der Waals surface area contributed by atoms with Gasteiger partial charge in [0.2, 0.25) is 0 Å². The topological polar surface area (TPSA) is 21.3 Å². The quantitative estimate of drug-likeness (QED) is 0.150. The number of benzene rings is 8. The van der Waals surface area contributed by atoms with E-state index in [9.17, 15) is 0 Å². The number of para-hydroxylation sites is 2. The average molecular weight is 791 g/mol. The van der Waals surface area contributed by atoms with Crippen LogP contribution in [-0.2, 0) is 0 Å². The summed E-state index contributed by atoms with van der Waals surface area (Å²) in [7, 11) is 0. The summed E-state index contributed by atoms with van der Waals surface area (Å²) in [5.41, 5.74) is 9.85. The smallest absolute Gasteiger partial charge is 0.152 e. The second-order valence-electron chi connectivity index (χ2n) is 14.9. The summed E-state index contributed by atoms with van der Waals surface area (Å²) >= 11 is 3.69. The molecule has 3 nitrogen and oxygen atoms in total. The summed E-state index contributed by atoms with van der Waals surface area (Å²) in [6, 6.07) is 63.8. The third-order valence-electron chi connectivity index (χ3n) is 11.6. The van der Waals surface area contributed by atoms with E-state index in [0.29, 0.717) is 0 Å². The van der Waals surface area contributed by atoms with Gasteiger partial charge in [0.05, 0.1) is 31.8 Å². The minimum absolute atomic E-state index is 0.773. The van der Waals surface area contributed by atoms with Crippen molar-refractivity contribution >= 4 is 119 Å². The SMILES string of the molecule is C=C/C=C\c1oc2ccc(-c3ccc4c(c3)c3ccccc3n4-c3ccccc3)cc2c1N(c1cccc2c1sc1ccccc12)c1cccc2c1sc1ccccc12. The molecule has 278 valence electrons. The zero-order chi connectivity index (χ0) is 39.0. The van der Waals surface area contributed by atoms with Crippen LogP contribution in [0.1, 0.15) is 5.76 Å². The Kier molecular flexibility index (Phi) is 7.73. The fraction of sp³-hybridized carbons (Fsp3) is 0. The van der Waals surface area contributed by atoms with Crippen LogP contribution >= 0.6 is 22.7 Å². The molecule has 59 heavy (non-hydrogen) atoms. The van der Waals surface area contributed by atoms with Gasteiger partial charge in [-0.15, -0.1) is 22.7 Å². The molecule has 4 heterocycles. The van der Waals surface area contributed by atoms with Crippen LogP contribution in [0.25, 0.3) is 96.0 Å². The second-order valence-corrected chi connectivity index (χ2v) is 17.0. The molecule has 12 rings (SSSR count). The molecule has 12 aromatic rings. The molecule has 0 bridgehead atoms. The highest BCUT2D eigenvalue weighted by atomic mass is 32.1. The summed E-state index contributed by atoms with van der Waals surface area (Å²) in [5, 5.41) is 8.52. The zero-order valence-corrected chi connectivity index (χ0v) is 33.4. The van der Waals surface area contributed by atoms with Gasteiger partial charge in [-0.2, -0.15) is 0 Å². The van der Waals surface area contributed by atoms with Crippen molar-refractivity contribution in [2.45, 2.75) is 0 Å².